The molecule has 0 amide bonds. The van der Waals surface area contributed by atoms with Crippen molar-refractivity contribution < 1.29 is 13.5 Å². The lowest BCUT2D eigenvalue weighted by Crippen LogP contribution is -2.31. The number of anilines is 1. The zero-order valence-electron chi connectivity index (χ0n) is 17.1. The maximum atomic E-state index is 14.4. The van der Waals surface area contributed by atoms with E-state index in [1.807, 2.05) is 36.4 Å². The van der Waals surface area contributed by atoms with Crippen LogP contribution >= 0.6 is 0 Å². The number of nitrogens with one attached hydrogen (secondary N) is 1. The molecule has 2 aromatic heterocycles. The third-order valence-corrected chi connectivity index (χ3v) is 5.15. The molecule has 2 atom stereocenters. The number of aromatic nitrogens is 2. The van der Waals surface area contributed by atoms with Gasteiger partial charge in [0.1, 0.15) is 5.82 Å². The normalized spacial score (nSPS) is 18.5. The Kier molecular flexibility index (Phi) is 5.57. The Morgan fingerprint density at radius 1 is 1.19 bits per heavy atom. The van der Waals surface area contributed by atoms with Gasteiger partial charge in [0.15, 0.2) is 6.23 Å². The summed E-state index contributed by atoms with van der Waals surface area (Å²) < 4.78 is 34.9. The van der Waals surface area contributed by atoms with Gasteiger partial charge in [-0.3, -0.25) is 9.78 Å². The van der Waals surface area contributed by atoms with Crippen LogP contribution in [0.15, 0.2) is 65.6 Å². The summed E-state index contributed by atoms with van der Waals surface area (Å²) in [6, 6.07) is 16.0. The lowest BCUT2D eigenvalue weighted by Gasteiger charge is -2.30. The van der Waals surface area contributed by atoms with Crippen LogP contribution in [-0.2, 0) is 10.7 Å². The van der Waals surface area contributed by atoms with E-state index >= 15 is 0 Å². The predicted octanol–water partition coefficient (Wildman–Crippen LogP) is 4.53. The fourth-order valence-corrected chi connectivity index (χ4v) is 3.76. The van der Waals surface area contributed by atoms with Crippen LogP contribution in [0.2, 0.25) is 0 Å². The number of H-pyrrole nitrogens is 1. The van der Waals surface area contributed by atoms with Gasteiger partial charge in [0, 0.05) is 18.7 Å². The molecule has 3 heterocycles. The highest BCUT2D eigenvalue weighted by molar-refractivity contribution is 5.53. The smallest absolute Gasteiger partial charge is 0.272 e. The predicted molar refractivity (Wildman–Crippen MR) is 114 cm³/mol. The van der Waals surface area contributed by atoms with E-state index in [9.17, 15) is 13.6 Å². The van der Waals surface area contributed by atoms with Crippen LogP contribution in [0, 0.1) is 11.8 Å². The van der Waals surface area contributed by atoms with Gasteiger partial charge in [0.25, 0.3) is 11.5 Å². The molecule has 3 aromatic rings. The molecule has 1 fully saturated rings. The largest absolute Gasteiger partial charge is 0.350 e. The van der Waals surface area contributed by atoms with Crippen LogP contribution in [0.5, 0.6) is 0 Å². The zero-order chi connectivity index (χ0) is 22.0. The number of rotatable bonds is 4. The molecule has 7 heteroatoms. The summed E-state index contributed by atoms with van der Waals surface area (Å²) in [6.07, 6.45) is 0.990. The molecule has 0 radical (unpaired) electrons. The van der Waals surface area contributed by atoms with Crippen molar-refractivity contribution in [3.05, 3.63) is 93.5 Å². The minimum atomic E-state index is -3.24. The summed E-state index contributed by atoms with van der Waals surface area (Å²) in [5.41, 5.74) is 0.235. The van der Waals surface area contributed by atoms with Gasteiger partial charge in [0.05, 0.1) is 23.9 Å². The van der Waals surface area contributed by atoms with Gasteiger partial charge in [-0.1, -0.05) is 42.3 Å². The van der Waals surface area contributed by atoms with Gasteiger partial charge in [0.2, 0.25) is 0 Å². The third-order valence-electron chi connectivity index (χ3n) is 5.15. The molecule has 1 aliphatic heterocycles. The summed E-state index contributed by atoms with van der Waals surface area (Å²) in [6.45, 7) is 2.57. The van der Waals surface area contributed by atoms with Gasteiger partial charge in [-0.2, -0.15) is 0 Å². The molecule has 5 nitrogen and oxygen atoms in total. The molecule has 1 aliphatic rings. The van der Waals surface area contributed by atoms with Gasteiger partial charge in [-0.25, -0.2) is 8.78 Å². The Morgan fingerprint density at radius 3 is 2.58 bits per heavy atom. The Hall–Kier alpha value is -3.50. The Labute approximate surface area is 178 Å². The average Bonchev–Trinajstić information content (AvgIpc) is 3.21. The highest BCUT2D eigenvalue weighted by Crippen LogP contribution is 2.42. The van der Waals surface area contributed by atoms with Gasteiger partial charge < -0.3 is 14.6 Å². The standard InChI is InChI=1S/C24H21F2N3O2/c1-3-9-17-18(24(2,25)26)14-21(28-22(17)30)29-20(16-10-5-4-6-11-16)15-31-23(29)19-12-7-8-13-27-19/h4-8,10-14,20,23H,15H2,1-2H3,(H,28,30). The molecule has 158 valence electrons. The number of pyridine rings is 2. The molecule has 0 saturated carbocycles. The fourth-order valence-electron chi connectivity index (χ4n) is 3.76. The Balaban J connectivity index is 1.90. The van der Waals surface area contributed by atoms with Crippen molar-refractivity contribution in [2.24, 2.45) is 0 Å². The third kappa shape index (κ3) is 4.07. The van der Waals surface area contributed by atoms with Gasteiger partial charge in [-0.05, 0) is 30.7 Å². The quantitative estimate of drug-likeness (QED) is 0.629. The van der Waals surface area contributed by atoms with Crippen molar-refractivity contribution in [3.63, 3.8) is 0 Å². The number of hydrogen-bond donors (Lipinski definition) is 1. The number of alkyl halides is 2. The monoisotopic (exact) mass is 421 g/mol. The van der Waals surface area contributed by atoms with Gasteiger partial charge in [-0.15, -0.1) is 5.92 Å². The van der Waals surface area contributed by atoms with E-state index in [0.29, 0.717) is 12.3 Å². The van der Waals surface area contributed by atoms with Crippen molar-refractivity contribution in [1.29, 1.82) is 0 Å². The number of hydrogen-bond acceptors (Lipinski definition) is 4. The maximum absolute atomic E-state index is 14.4. The van der Waals surface area contributed by atoms with Crippen molar-refractivity contribution in [3.8, 4) is 11.8 Å². The first-order valence-corrected chi connectivity index (χ1v) is 9.84. The van der Waals surface area contributed by atoms with Crippen molar-refractivity contribution in [2.75, 3.05) is 11.5 Å². The number of nitrogens with zero attached hydrogens (tertiary/aromatic N) is 2. The SMILES string of the molecule is CC#Cc1c(C(C)(F)F)cc(N2C(c3ccccc3)COC2c2ccccn2)[nH]c1=O. The van der Waals surface area contributed by atoms with Crippen LogP contribution in [0.1, 0.15) is 48.5 Å². The first-order valence-electron chi connectivity index (χ1n) is 9.84. The minimum absolute atomic E-state index is 0.227. The van der Waals surface area contributed by atoms with Crippen LogP contribution in [0.3, 0.4) is 0 Å². The van der Waals surface area contributed by atoms with Crippen LogP contribution < -0.4 is 10.5 Å². The van der Waals surface area contributed by atoms with Crippen molar-refractivity contribution in [1.82, 2.24) is 9.97 Å². The molecule has 31 heavy (non-hydrogen) atoms. The minimum Gasteiger partial charge on any atom is -0.350 e. The molecule has 0 aliphatic carbocycles. The number of halogens is 2. The summed E-state index contributed by atoms with van der Waals surface area (Å²) in [7, 11) is 0. The Morgan fingerprint density at radius 2 is 1.94 bits per heavy atom. The number of aromatic amines is 1. The van der Waals surface area contributed by atoms with Crippen molar-refractivity contribution >= 4 is 5.82 Å². The zero-order valence-corrected chi connectivity index (χ0v) is 17.1. The molecule has 1 saturated heterocycles. The molecule has 1 aromatic carbocycles. The first kappa shape index (κ1) is 20.8. The molecule has 1 N–H and O–H groups in total. The van der Waals surface area contributed by atoms with E-state index in [4.69, 9.17) is 4.74 Å². The van der Waals surface area contributed by atoms with Gasteiger partial charge >= 0.3 is 0 Å². The van der Waals surface area contributed by atoms with E-state index < -0.39 is 23.3 Å². The summed E-state index contributed by atoms with van der Waals surface area (Å²) in [5, 5.41) is 0. The summed E-state index contributed by atoms with van der Waals surface area (Å²) in [4.78, 5) is 21.7. The van der Waals surface area contributed by atoms with E-state index in [0.717, 1.165) is 12.5 Å². The molecular weight excluding hydrogens is 400 g/mol. The average molecular weight is 421 g/mol. The van der Waals surface area contributed by atoms with Crippen LogP contribution in [0.25, 0.3) is 0 Å². The molecular formula is C24H21F2N3O2. The Bertz CT molecular complexity index is 1130. The second-order valence-corrected chi connectivity index (χ2v) is 7.31. The number of ether oxygens (including phenoxy) is 1. The highest BCUT2D eigenvalue weighted by atomic mass is 19.3. The summed E-state index contributed by atoms with van der Waals surface area (Å²) in [5.74, 6) is 2.05. The molecule has 0 spiro atoms. The topological polar surface area (TPSA) is 58.2 Å². The van der Waals surface area contributed by atoms with Crippen LogP contribution in [0.4, 0.5) is 14.6 Å². The second kappa shape index (κ2) is 8.32. The lowest BCUT2D eigenvalue weighted by atomic mass is 10.0. The maximum Gasteiger partial charge on any atom is 0.272 e. The summed E-state index contributed by atoms with van der Waals surface area (Å²) >= 11 is 0. The lowest BCUT2D eigenvalue weighted by molar-refractivity contribution is 0.0170. The first-order chi connectivity index (χ1) is 14.9. The molecule has 4 rings (SSSR count). The van der Waals surface area contributed by atoms with E-state index in [1.165, 1.54) is 13.0 Å². The highest BCUT2D eigenvalue weighted by Gasteiger charge is 2.39. The van der Waals surface area contributed by atoms with E-state index in [2.05, 4.69) is 21.8 Å². The van der Waals surface area contributed by atoms with E-state index in [1.54, 1.807) is 23.2 Å². The number of benzene rings is 1. The molecule has 2 unspecified atom stereocenters. The second-order valence-electron chi connectivity index (χ2n) is 7.31. The molecule has 0 bridgehead atoms. The van der Waals surface area contributed by atoms with Crippen molar-refractivity contribution in [2.45, 2.75) is 32.0 Å². The van der Waals surface area contributed by atoms with Crippen LogP contribution in [-0.4, -0.2) is 16.6 Å². The fraction of sp³-hybridized carbons (Fsp3) is 0.250. The van der Waals surface area contributed by atoms with E-state index in [-0.39, 0.29) is 17.4 Å².